The van der Waals surface area contributed by atoms with E-state index in [1.807, 2.05) is 83.5 Å². The number of nitrogens with one attached hydrogen (secondary N) is 1. The number of hydrogen-bond donors (Lipinski definition) is 1. The van der Waals surface area contributed by atoms with Crippen molar-refractivity contribution >= 4 is 23.3 Å². The molecule has 0 bridgehead atoms. The number of aromatic nitrogens is 3. The van der Waals surface area contributed by atoms with Crippen LogP contribution < -0.4 is 10.1 Å². The second-order valence-electron chi connectivity index (χ2n) is 10.4. The molecule has 0 saturated heterocycles. The minimum atomic E-state index is -0.418. The van der Waals surface area contributed by atoms with Crippen molar-refractivity contribution in [1.82, 2.24) is 14.8 Å². The number of anilines is 1. The van der Waals surface area contributed by atoms with Crippen LogP contribution in [0.4, 0.5) is 5.95 Å². The Labute approximate surface area is 221 Å². The summed E-state index contributed by atoms with van der Waals surface area (Å²) in [6, 6.07) is 25.1. The van der Waals surface area contributed by atoms with Crippen molar-refractivity contribution in [2.45, 2.75) is 39.3 Å². The smallest absolute Gasteiger partial charge is 0.226 e. The first-order valence-electron chi connectivity index (χ1n) is 12.4. The van der Waals surface area contributed by atoms with Gasteiger partial charge in [0.05, 0.1) is 5.02 Å². The molecule has 2 heterocycles. The van der Waals surface area contributed by atoms with Crippen LogP contribution in [0, 0.1) is 5.41 Å². The molecule has 1 aliphatic heterocycles. The molecule has 6 rings (SSSR count). The first kappa shape index (κ1) is 23.5. The summed E-state index contributed by atoms with van der Waals surface area (Å²) in [7, 11) is 0. The van der Waals surface area contributed by atoms with Gasteiger partial charge in [0.1, 0.15) is 18.4 Å². The number of rotatable bonds is 5. The Bertz CT molecular complexity index is 1520. The number of carbonyl (C=O) groups excluding carboxylic acids is 1. The van der Waals surface area contributed by atoms with E-state index in [2.05, 4.69) is 19.2 Å². The maximum atomic E-state index is 13.6. The van der Waals surface area contributed by atoms with Crippen molar-refractivity contribution in [3.05, 3.63) is 106 Å². The van der Waals surface area contributed by atoms with Crippen molar-refractivity contribution in [2.75, 3.05) is 5.32 Å². The molecule has 0 fully saturated rings. The maximum absolute atomic E-state index is 13.6. The summed E-state index contributed by atoms with van der Waals surface area (Å²) in [5.41, 5.74) is 4.27. The fourth-order valence-corrected chi connectivity index (χ4v) is 5.41. The molecule has 6 nitrogen and oxygen atoms in total. The van der Waals surface area contributed by atoms with Gasteiger partial charge < -0.3 is 10.1 Å². The Balaban J connectivity index is 1.43. The molecule has 0 spiro atoms. The molecule has 4 aromatic rings. The second kappa shape index (κ2) is 9.20. The van der Waals surface area contributed by atoms with E-state index in [9.17, 15) is 4.79 Å². The highest BCUT2D eigenvalue weighted by atomic mass is 35.5. The monoisotopic (exact) mass is 510 g/mol. The van der Waals surface area contributed by atoms with E-state index in [1.165, 1.54) is 0 Å². The largest absolute Gasteiger partial charge is 0.489 e. The van der Waals surface area contributed by atoms with E-state index < -0.39 is 6.04 Å². The first-order chi connectivity index (χ1) is 17.9. The van der Waals surface area contributed by atoms with Crippen LogP contribution in [0.1, 0.15) is 43.9 Å². The van der Waals surface area contributed by atoms with Crippen molar-refractivity contribution < 1.29 is 9.53 Å². The Morgan fingerprint density at radius 1 is 1.03 bits per heavy atom. The van der Waals surface area contributed by atoms with E-state index in [1.54, 1.807) is 0 Å². The van der Waals surface area contributed by atoms with Gasteiger partial charge >= 0.3 is 0 Å². The number of benzene rings is 3. The number of carbonyl (C=O) groups is 1. The average Bonchev–Trinajstić information content (AvgIpc) is 3.30. The lowest BCUT2D eigenvalue weighted by atomic mass is 9.73. The molecule has 1 aliphatic carbocycles. The molecule has 1 N–H and O–H groups in total. The highest BCUT2D eigenvalue weighted by molar-refractivity contribution is 6.33. The molecule has 186 valence electrons. The van der Waals surface area contributed by atoms with E-state index in [0.29, 0.717) is 29.8 Å². The fraction of sp³-hybridized carbons (Fsp3) is 0.233. The van der Waals surface area contributed by atoms with Crippen LogP contribution in [0.5, 0.6) is 5.75 Å². The lowest BCUT2D eigenvalue weighted by molar-refractivity contribution is -0.118. The van der Waals surface area contributed by atoms with E-state index >= 15 is 0 Å². The third-order valence-corrected chi connectivity index (χ3v) is 7.20. The van der Waals surface area contributed by atoms with Crippen molar-refractivity contribution in [1.29, 1.82) is 0 Å². The summed E-state index contributed by atoms with van der Waals surface area (Å²) in [5.74, 6) is 1.97. The number of hydrogen-bond acceptors (Lipinski definition) is 5. The summed E-state index contributed by atoms with van der Waals surface area (Å²) in [6.07, 6.45) is 1.23. The van der Waals surface area contributed by atoms with Gasteiger partial charge in [0.15, 0.2) is 11.6 Å². The molecule has 0 saturated carbocycles. The van der Waals surface area contributed by atoms with Crippen LogP contribution in [0.2, 0.25) is 5.02 Å². The molecule has 7 heteroatoms. The van der Waals surface area contributed by atoms with Gasteiger partial charge in [-0.1, -0.05) is 80.0 Å². The molecule has 2 aliphatic rings. The van der Waals surface area contributed by atoms with Crippen molar-refractivity contribution in [2.24, 2.45) is 5.41 Å². The van der Waals surface area contributed by atoms with E-state index in [4.69, 9.17) is 26.4 Å². The first-order valence-corrected chi connectivity index (χ1v) is 12.8. The normalized spacial score (nSPS) is 18.1. The topological polar surface area (TPSA) is 69.0 Å². The number of fused-ring (bicyclic) bond motifs is 1. The van der Waals surface area contributed by atoms with E-state index in [0.717, 1.165) is 40.1 Å². The zero-order valence-corrected chi connectivity index (χ0v) is 21.5. The minimum absolute atomic E-state index is 0.125. The van der Waals surface area contributed by atoms with Crippen LogP contribution in [-0.4, -0.2) is 20.5 Å². The number of Topliss-reactive ketones (excluding diaryl/α,β-unsaturated/α-hetero) is 1. The van der Waals surface area contributed by atoms with Gasteiger partial charge in [0, 0.05) is 23.3 Å². The van der Waals surface area contributed by atoms with Gasteiger partial charge in [-0.2, -0.15) is 4.98 Å². The minimum Gasteiger partial charge on any atom is -0.489 e. The summed E-state index contributed by atoms with van der Waals surface area (Å²) in [5, 5.41) is 8.86. The standard InChI is InChI=1S/C30H27ClN4O2/c1-30(2)16-24-26(25(36)17-30)27(20-11-8-12-21(15-20)37-18-19-9-4-3-5-10-19)35-29(32-24)33-28(34-35)22-13-6-7-14-23(22)31/h3-15,27H,16-18H2,1-2H3,(H,32,33,34). The fourth-order valence-electron chi connectivity index (χ4n) is 5.19. The van der Waals surface area contributed by atoms with Gasteiger partial charge in [-0.25, -0.2) is 4.68 Å². The number of nitrogens with zero attached hydrogens (tertiary/aromatic N) is 3. The zero-order valence-electron chi connectivity index (χ0n) is 20.7. The zero-order chi connectivity index (χ0) is 25.6. The number of ether oxygens (including phenoxy) is 1. The van der Waals surface area contributed by atoms with Crippen molar-refractivity contribution in [3.63, 3.8) is 0 Å². The van der Waals surface area contributed by atoms with Gasteiger partial charge in [-0.05, 0) is 47.2 Å². The molecule has 1 atom stereocenters. The predicted octanol–water partition coefficient (Wildman–Crippen LogP) is 6.84. The maximum Gasteiger partial charge on any atom is 0.226 e. The number of halogens is 1. The van der Waals surface area contributed by atoms with Crippen LogP contribution in [0.15, 0.2) is 90.1 Å². The number of allylic oxidation sites excluding steroid dienone is 2. The average molecular weight is 511 g/mol. The van der Waals surface area contributed by atoms with Crippen LogP contribution in [-0.2, 0) is 11.4 Å². The van der Waals surface area contributed by atoms with Crippen molar-refractivity contribution in [3.8, 4) is 17.1 Å². The highest BCUT2D eigenvalue weighted by Gasteiger charge is 2.42. The molecular formula is C30H27ClN4O2. The Kier molecular flexibility index (Phi) is 5.84. The molecule has 0 radical (unpaired) electrons. The Hall–Kier alpha value is -3.90. The van der Waals surface area contributed by atoms with Crippen LogP contribution in [0.3, 0.4) is 0 Å². The summed E-state index contributed by atoms with van der Waals surface area (Å²) in [4.78, 5) is 18.4. The summed E-state index contributed by atoms with van der Waals surface area (Å²) in [6.45, 7) is 4.71. The van der Waals surface area contributed by atoms with E-state index in [-0.39, 0.29) is 11.2 Å². The van der Waals surface area contributed by atoms with Gasteiger partial charge in [-0.3, -0.25) is 4.79 Å². The molecule has 3 aromatic carbocycles. The molecule has 37 heavy (non-hydrogen) atoms. The summed E-state index contributed by atoms with van der Waals surface area (Å²) >= 11 is 6.47. The Morgan fingerprint density at radius 2 is 1.81 bits per heavy atom. The summed E-state index contributed by atoms with van der Waals surface area (Å²) < 4.78 is 7.93. The predicted molar refractivity (Wildman–Crippen MR) is 144 cm³/mol. The lowest BCUT2D eigenvalue weighted by Gasteiger charge is -2.38. The van der Waals surface area contributed by atoms with Gasteiger partial charge in [-0.15, -0.1) is 5.10 Å². The third-order valence-electron chi connectivity index (χ3n) is 6.87. The SMILES string of the molecule is CC1(C)CC(=O)C2=C(C1)Nc1nc(-c3ccccc3Cl)nn1C2c1cccc(OCc2ccccc2)c1. The van der Waals surface area contributed by atoms with Gasteiger partial charge in [0.25, 0.3) is 0 Å². The molecular weight excluding hydrogens is 484 g/mol. The lowest BCUT2D eigenvalue weighted by Crippen LogP contribution is -2.36. The molecule has 0 amide bonds. The van der Waals surface area contributed by atoms with Gasteiger partial charge in [0.2, 0.25) is 5.95 Å². The number of ketones is 1. The second-order valence-corrected chi connectivity index (χ2v) is 10.8. The quantitative estimate of drug-likeness (QED) is 0.318. The Morgan fingerprint density at radius 3 is 2.62 bits per heavy atom. The van der Waals surface area contributed by atoms with Crippen LogP contribution >= 0.6 is 11.6 Å². The molecule has 1 aromatic heterocycles. The van der Waals surface area contributed by atoms with Crippen LogP contribution in [0.25, 0.3) is 11.4 Å². The highest BCUT2D eigenvalue weighted by Crippen LogP contribution is 2.46. The molecule has 1 unspecified atom stereocenters. The third kappa shape index (κ3) is 4.53.